The lowest BCUT2D eigenvalue weighted by molar-refractivity contribution is -0.139. The number of fused-ring (bicyclic) bond motifs is 10. The second kappa shape index (κ2) is 25.0. The van der Waals surface area contributed by atoms with Gasteiger partial charge in [0.15, 0.2) is 17.5 Å². The summed E-state index contributed by atoms with van der Waals surface area (Å²) in [6.45, 7) is 2.47. The van der Waals surface area contributed by atoms with E-state index in [0.29, 0.717) is 53.0 Å². The Hall–Kier alpha value is -13.8. The number of rotatable bonds is 12. The molecule has 4 heterocycles. The van der Waals surface area contributed by atoms with Crippen LogP contribution in [0, 0.1) is 0 Å². The first kappa shape index (κ1) is 62.0. The summed E-state index contributed by atoms with van der Waals surface area (Å²) in [7, 11) is 1.83. The number of amidine groups is 5. The molecule has 0 saturated heterocycles. The van der Waals surface area contributed by atoms with Crippen molar-refractivity contribution < 1.29 is 9.47 Å². The molecule has 2 unspecified atom stereocenters. The van der Waals surface area contributed by atoms with E-state index in [1.807, 2.05) is 13.1 Å². The van der Waals surface area contributed by atoms with Crippen LogP contribution < -0.4 is 15.2 Å². The van der Waals surface area contributed by atoms with Gasteiger partial charge in [0.2, 0.25) is 12.0 Å². The smallest absolute Gasteiger partial charge is 0.238 e. The summed E-state index contributed by atoms with van der Waals surface area (Å²) in [4.78, 5) is 30.7. The molecule has 17 aromatic rings. The monoisotopic (exact) mass is 1360 g/mol. The molecule has 20 rings (SSSR count). The van der Waals surface area contributed by atoms with Gasteiger partial charge in [-0.1, -0.05) is 291 Å². The first-order valence-corrected chi connectivity index (χ1v) is 35.9. The fourth-order valence-corrected chi connectivity index (χ4v) is 16.7. The second-order valence-electron chi connectivity index (χ2n) is 27.6. The fraction of sp³-hybridized carbons (Fsp3) is 0.0521. The van der Waals surface area contributed by atoms with Gasteiger partial charge >= 0.3 is 0 Å². The molecule has 16 aromatic carbocycles. The van der Waals surface area contributed by atoms with E-state index in [-0.39, 0.29) is 0 Å². The lowest BCUT2D eigenvalue weighted by Crippen LogP contribution is -2.58. The molecule has 2 N–H and O–H groups in total. The quantitative estimate of drug-likeness (QED) is 0.131. The molecule has 0 saturated carbocycles. The van der Waals surface area contributed by atoms with E-state index in [9.17, 15) is 0 Å². The average Bonchev–Trinajstić information content (AvgIpc) is 1.59. The van der Waals surface area contributed by atoms with Gasteiger partial charge in [-0.05, 0) is 118 Å². The van der Waals surface area contributed by atoms with Crippen LogP contribution >= 0.6 is 0 Å². The normalized spacial score (nSPS) is 15.3. The third-order valence-electron chi connectivity index (χ3n) is 21.4. The zero-order chi connectivity index (χ0) is 70.6. The largest absolute Gasteiger partial charge is 0.463 e. The topological polar surface area (TPSA) is 114 Å². The molecule has 502 valence electrons. The molecule has 0 radical (unpaired) electrons. The van der Waals surface area contributed by atoms with Crippen LogP contribution in [0.1, 0.15) is 46.5 Å². The summed E-state index contributed by atoms with van der Waals surface area (Å²) in [6.07, 6.45) is 1.02. The molecule has 0 aliphatic carbocycles. The predicted molar refractivity (Wildman–Crippen MR) is 438 cm³/mol. The van der Waals surface area contributed by atoms with E-state index in [0.717, 1.165) is 153 Å². The maximum atomic E-state index is 8.45. The van der Waals surface area contributed by atoms with Crippen LogP contribution in [0.15, 0.2) is 359 Å². The van der Waals surface area contributed by atoms with Crippen molar-refractivity contribution in [2.45, 2.75) is 25.4 Å². The number of hydrogen-bond acceptors (Lipinski definition) is 6. The van der Waals surface area contributed by atoms with Gasteiger partial charge in [-0.2, -0.15) is 0 Å². The third-order valence-corrected chi connectivity index (χ3v) is 21.4. The van der Waals surface area contributed by atoms with Crippen LogP contribution in [-0.4, -0.2) is 51.4 Å². The minimum absolute atomic E-state index is 0.296. The third kappa shape index (κ3) is 10.0. The average molecular weight is 1360 g/mol. The van der Waals surface area contributed by atoms with Crippen LogP contribution in [0.3, 0.4) is 0 Å². The highest BCUT2D eigenvalue weighted by Crippen LogP contribution is 2.52. The number of aromatic nitrogens is 1. The van der Waals surface area contributed by atoms with Gasteiger partial charge in [0.1, 0.15) is 29.0 Å². The van der Waals surface area contributed by atoms with Crippen LogP contribution in [0.4, 0.5) is 5.82 Å². The molecule has 0 bridgehead atoms. The molecule has 3 aliphatic heterocycles. The van der Waals surface area contributed by atoms with Crippen molar-refractivity contribution in [1.82, 2.24) is 9.47 Å². The maximum Gasteiger partial charge on any atom is 0.238 e. The van der Waals surface area contributed by atoms with E-state index in [1.165, 1.54) is 0 Å². The highest BCUT2D eigenvalue weighted by atomic mass is 16.6. The van der Waals surface area contributed by atoms with Crippen LogP contribution in [0.2, 0.25) is 0 Å². The SMILES string of the molecule is CN=C1N=C(N=C2c3c(cc4ccccc4c3-c3ccccc3)CN2C(C)(Oc2cccc3ccccc23)C(Oc2cccc3ccccc23)n2cc3cc4ccccc4c(-c4ccccc4)c3c2N=C2N=C(N)c3c2cc2ccccc2c3-c2ccccc2)c2cc3ccccc3c(-c3ccccc3)c21. The Morgan fingerprint density at radius 3 is 1.38 bits per heavy atom. The summed E-state index contributed by atoms with van der Waals surface area (Å²) in [5, 5.41) is 14.1. The molecule has 3 aliphatic rings. The summed E-state index contributed by atoms with van der Waals surface area (Å²) in [5.74, 6) is 4.35. The highest BCUT2D eigenvalue weighted by molar-refractivity contribution is 6.32. The van der Waals surface area contributed by atoms with Crippen molar-refractivity contribution in [2.75, 3.05) is 7.05 Å². The van der Waals surface area contributed by atoms with Crippen molar-refractivity contribution in [3.05, 3.63) is 367 Å². The van der Waals surface area contributed by atoms with Crippen molar-refractivity contribution in [1.29, 1.82) is 0 Å². The van der Waals surface area contributed by atoms with Gasteiger partial charge < -0.3 is 20.1 Å². The summed E-state index contributed by atoms with van der Waals surface area (Å²) < 4.78 is 19.0. The number of ether oxygens (including phenoxy) is 2. The van der Waals surface area contributed by atoms with Gasteiger partial charge in [-0.15, -0.1) is 0 Å². The summed E-state index contributed by atoms with van der Waals surface area (Å²) >= 11 is 0. The summed E-state index contributed by atoms with van der Waals surface area (Å²) in [5.41, 5.74) is 19.3. The molecule has 10 heteroatoms. The Morgan fingerprint density at radius 1 is 0.387 bits per heavy atom. The first-order valence-electron chi connectivity index (χ1n) is 35.9. The molecule has 0 spiro atoms. The van der Waals surface area contributed by atoms with E-state index in [1.54, 1.807) is 0 Å². The maximum absolute atomic E-state index is 8.45. The van der Waals surface area contributed by atoms with E-state index < -0.39 is 12.0 Å². The minimum atomic E-state index is -1.68. The van der Waals surface area contributed by atoms with Crippen LogP contribution in [0.5, 0.6) is 11.5 Å². The fourth-order valence-electron chi connectivity index (χ4n) is 16.7. The Balaban J connectivity index is 0.932. The number of aliphatic imine (C=N–C) groups is 5. The van der Waals surface area contributed by atoms with Crippen molar-refractivity contribution >= 4 is 110 Å². The van der Waals surface area contributed by atoms with E-state index >= 15 is 0 Å². The number of nitrogens with two attached hydrogens (primary N) is 1. The minimum Gasteiger partial charge on any atom is -0.463 e. The number of benzene rings is 16. The second-order valence-corrected chi connectivity index (χ2v) is 27.6. The van der Waals surface area contributed by atoms with Crippen molar-refractivity contribution in [2.24, 2.45) is 30.7 Å². The van der Waals surface area contributed by atoms with Crippen LogP contribution in [-0.2, 0) is 6.54 Å². The molecule has 0 amide bonds. The Labute approximate surface area is 612 Å². The lowest BCUT2D eigenvalue weighted by Gasteiger charge is -2.45. The van der Waals surface area contributed by atoms with Gasteiger partial charge in [-0.25, -0.2) is 20.0 Å². The zero-order valence-electron chi connectivity index (χ0n) is 58.1. The number of hydrogen-bond donors (Lipinski definition) is 1. The molecule has 0 fully saturated rings. The molecular formula is C96H66N8O2. The Bertz CT molecular complexity index is 6650. The first-order chi connectivity index (χ1) is 52.3. The van der Waals surface area contributed by atoms with E-state index in [2.05, 4.69) is 344 Å². The Morgan fingerprint density at radius 2 is 0.821 bits per heavy atom. The van der Waals surface area contributed by atoms with E-state index in [4.69, 9.17) is 40.2 Å². The molecular weight excluding hydrogens is 1300 g/mol. The molecule has 10 nitrogen and oxygen atoms in total. The van der Waals surface area contributed by atoms with Crippen molar-refractivity contribution in [3.63, 3.8) is 0 Å². The molecule has 106 heavy (non-hydrogen) atoms. The van der Waals surface area contributed by atoms with Gasteiger partial charge in [0.25, 0.3) is 0 Å². The highest BCUT2D eigenvalue weighted by Gasteiger charge is 2.52. The lowest BCUT2D eigenvalue weighted by atomic mass is 9.89. The predicted octanol–water partition coefficient (Wildman–Crippen LogP) is 22.5. The zero-order valence-corrected chi connectivity index (χ0v) is 58.1. The van der Waals surface area contributed by atoms with Gasteiger partial charge in [-0.3, -0.25) is 9.56 Å². The van der Waals surface area contributed by atoms with Gasteiger partial charge in [0, 0.05) is 98.3 Å². The van der Waals surface area contributed by atoms with Crippen molar-refractivity contribution in [3.8, 4) is 56.0 Å². The standard InChI is InChI=1S/C96H66N8O2/c1-96(106-80-52-28-44-60-30-16-22-46-72(60)80,104-58-70-54-66-40-18-24-48-74(66)82(62-33-9-4-10-34-62)86(70)94(104)102-91-78-56-68-42-20-26-50-76(68)84(64-37-13-6-14-38-64)88(78)92(98-2)100-91)95(105-79-51-27-43-59-29-15-21-45-71(59)79)103-57-69-53-65-39-17-23-47-73(65)81(61-31-7-3-8-32-61)85(69)93(103)101-90-77-55-67-41-19-25-49-75(67)83(87(77)89(97)99-90)63-35-11-5-12-36-63/h3-57,95H,58H2,1-2H3,(H2,97,99,101). The molecule has 1 aromatic heterocycles. The summed E-state index contributed by atoms with van der Waals surface area (Å²) in [6, 6.07) is 115. The van der Waals surface area contributed by atoms with Crippen LogP contribution in [0.25, 0.3) is 120 Å². The number of nitrogens with zero attached hydrogens (tertiary/aromatic N) is 7. The van der Waals surface area contributed by atoms with Gasteiger partial charge in [0.05, 0.1) is 0 Å². The molecule has 2 atom stereocenters. The Kier molecular flexibility index (Phi) is 14.6.